The van der Waals surface area contributed by atoms with Crippen LogP contribution in [0.25, 0.3) is 0 Å². The number of carbonyl (C=O) groups is 3. The normalized spacial score (nSPS) is 13.2. The molecule has 0 radical (unpaired) electrons. The SMILES string of the molecule is CC/C=C\C/C=C\C/C=C\C/C=C\CCCCCCCCCCC(=O)OC(COCCC(C(=O)O)[N+](C)(C)C)COC(=O)CCCCCCCCCCCCCCCCCCCCC. The van der Waals surface area contributed by atoms with Crippen LogP contribution in [0.3, 0.4) is 0 Å². The summed E-state index contributed by atoms with van der Waals surface area (Å²) in [6.07, 6.45) is 57.3. The summed E-state index contributed by atoms with van der Waals surface area (Å²) in [6.45, 7) is 4.65. The lowest BCUT2D eigenvalue weighted by molar-refractivity contribution is -0.887. The number of nitrogens with zero attached hydrogens (tertiary/aromatic N) is 1. The Kier molecular flexibility index (Phi) is 44.8. The summed E-state index contributed by atoms with van der Waals surface area (Å²) in [5.41, 5.74) is 0. The van der Waals surface area contributed by atoms with Gasteiger partial charge >= 0.3 is 17.9 Å². The van der Waals surface area contributed by atoms with Gasteiger partial charge in [0.1, 0.15) is 6.61 Å². The second kappa shape index (κ2) is 46.8. The van der Waals surface area contributed by atoms with Crippen molar-refractivity contribution in [2.75, 3.05) is 41.0 Å². The highest BCUT2D eigenvalue weighted by Gasteiger charge is 2.31. The minimum absolute atomic E-state index is 0.0519. The fraction of sp³-hybridized carbons (Fsp3) is 0.804. The van der Waals surface area contributed by atoms with Gasteiger partial charge in [-0.3, -0.25) is 9.59 Å². The van der Waals surface area contributed by atoms with Crippen LogP contribution in [0.5, 0.6) is 0 Å². The van der Waals surface area contributed by atoms with Gasteiger partial charge in [0.2, 0.25) is 0 Å². The Morgan fingerprint density at radius 1 is 0.484 bits per heavy atom. The Labute approximate surface area is 395 Å². The summed E-state index contributed by atoms with van der Waals surface area (Å²) < 4.78 is 17.4. The van der Waals surface area contributed by atoms with E-state index in [1.807, 2.05) is 21.1 Å². The van der Waals surface area contributed by atoms with Crippen LogP contribution in [0.15, 0.2) is 48.6 Å². The standard InChI is InChI=1S/C56H101NO7/c1-6-8-10-12-14-16-18-20-22-24-26-27-29-31-33-35-37-39-41-43-45-47-55(59)64-52(50-62-49-48-53(56(60)61)57(3,4)5)51-63-54(58)46-44-42-40-38-36-34-32-30-28-25-23-21-19-17-15-13-11-9-7-2/h8,10,14,16,20,22,26-27,52-53H,6-7,9,11-13,15,17-19,21,23-25,28-51H2,1-5H3/p+1/b10-8-,16-14-,22-20-,27-26-. The average molecular weight is 901 g/mol. The van der Waals surface area contributed by atoms with Crippen molar-refractivity contribution in [3.05, 3.63) is 48.6 Å². The van der Waals surface area contributed by atoms with Gasteiger partial charge in [-0.1, -0.05) is 217 Å². The molecule has 0 aliphatic heterocycles. The number of rotatable bonds is 48. The van der Waals surface area contributed by atoms with E-state index < -0.39 is 18.1 Å². The van der Waals surface area contributed by atoms with Crippen molar-refractivity contribution in [2.24, 2.45) is 0 Å². The second-order valence-corrected chi connectivity index (χ2v) is 19.1. The minimum Gasteiger partial charge on any atom is -0.477 e. The number of allylic oxidation sites excluding steroid dienone is 8. The molecular formula is C56H102NO7+. The van der Waals surface area contributed by atoms with Crippen molar-refractivity contribution in [2.45, 2.75) is 251 Å². The first-order chi connectivity index (χ1) is 31.1. The maximum absolute atomic E-state index is 12.8. The molecule has 0 aromatic rings. The lowest BCUT2D eigenvalue weighted by Gasteiger charge is -2.31. The number of hydrogen-bond donors (Lipinski definition) is 1. The first kappa shape index (κ1) is 61.3. The quantitative estimate of drug-likeness (QED) is 0.0281. The molecule has 0 saturated carbocycles. The number of hydrogen-bond acceptors (Lipinski definition) is 6. The molecule has 0 spiro atoms. The third kappa shape index (κ3) is 44.5. The summed E-state index contributed by atoms with van der Waals surface area (Å²) in [7, 11) is 5.54. The highest BCUT2D eigenvalue weighted by Crippen LogP contribution is 2.16. The summed E-state index contributed by atoms with van der Waals surface area (Å²) in [5, 5.41) is 9.66. The van der Waals surface area contributed by atoms with Crippen LogP contribution in [0.1, 0.15) is 239 Å². The fourth-order valence-electron chi connectivity index (χ4n) is 7.91. The molecule has 0 saturated heterocycles. The van der Waals surface area contributed by atoms with Gasteiger partial charge in [-0.15, -0.1) is 0 Å². The topological polar surface area (TPSA) is 99.1 Å². The molecule has 1 N–H and O–H groups in total. The van der Waals surface area contributed by atoms with E-state index in [4.69, 9.17) is 14.2 Å². The Balaban J connectivity index is 4.22. The molecule has 0 heterocycles. The summed E-state index contributed by atoms with van der Waals surface area (Å²) in [5.74, 6) is -1.46. The maximum Gasteiger partial charge on any atom is 0.362 e. The van der Waals surface area contributed by atoms with E-state index in [1.165, 1.54) is 135 Å². The number of ether oxygens (including phenoxy) is 3. The van der Waals surface area contributed by atoms with Crippen LogP contribution in [0.2, 0.25) is 0 Å². The molecule has 8 nitrogen and oxygen atoms in total. The molecule has 0 amide bonds. The van der Waals surface area contributed by atoms with Crippen molar-refractivity contribution in [1.29, 1.82) is 0 Å². The van der Waals surface area contributed by atoms with Crippen molar-refractivity contribution >= 4 is 17.9 Å². The summed E-state index contributed by atoms with van der Waals surface area (Å²) >= 11 is 0. The van der Waals surface area contributed by atoms with Crippen LogP contribution in [0, 0.1) is 0 Å². The predicted molar refractivity (Wildman–Crippen MR) is 271 cm³/mol. The Morgan fingerprint density at radius 3 is 1.30 bits per heavy atom. The smallest absolute Gasteiger partial charge is 0.362 e. The highest BCUT2D eigenvalue weighted by molar-refractivity contribution is 5.72. The van der Waals surface area contributed by atoms with Gasteiger partial charge in [0.25, 0.3) is 0 Å². The van der Waals surface area contributed by atoms with E-state index in [1.54, 1.807) is 0 Å². The monoisotopic (exact) mass is 901 g/mol. The molecule has 2 atom stereocenters. The number of likely N-dealkylation sites (N-methyl/N-ethyl adjacent to an activating group) is 1. The van der Waals surface area contributed by atoms with Crippen LogP contribution < -0.4 is 0 Å². The molecule has 8 heteroatoms. The van der Waals surface area contributed by atoms with E-state index in [-0.39, 0.29) is 36.2 Å². The van der Waals surface area contributed by atoms with Gasteiger partial charge in [0.15, 0.2) is 12.1 Å². The Bertz CT molecular complexity index is 1190. The largest absolute Gasteiger partial charge is 0.477 e. The van der Waals surface area contributed by atoms with Crippen LogP contribution in [-0.2, 0) is 28.6 Å². The minimum atomic E-state index is -0.875. The highest BCUT2D eigenvalue weighted by atomic mass is 16.6. The summed E-state index contributed by atoms with van der Waals surface area (Å²) in [4.78, 5) is 37.2. The molecule has 0 aromatic heterocycles. The number of carboxylic acids is 1. The van der Waals surface area contributed by atoms with E-state index in [2.05, 4.69) is 62.5 Å². The molecule has 0 aromatic carbocycles. The maximum atomic E-state index is 12.8. The van der Waals surface area contributed by atoms with Crippen molar-refractivity contribution in [3.63, 3.8) is 0 Å². The van der Waals surface area contributed by atoms with E-state index in [0.29, 0.717) is 19.3 Å². The molecule has 0 rings (SSSR count). The van der Waals surface area contributed by atoms with Crippen molar-refractivity contribution in [1.82, 2.24) is 0 Å². The first-order valence-corrected chi connectivity index (χ1v) is 26.7. The molecule has 372 valence electrons. The molecule has 0 aliphatic rings. The number of esters is 2. The van der Waals surface area contributed by atoms with Crippen LogP contribution in [0.4, 0.5) is 0 Å². The van der Waals surface area contributed by atoms with Gasteiger partial charge in [0.05, 0.1) is 34.4 Å². The van der Waals surface area contributed by atoms with Gasteiger partial charge in [-0.05, 0) is 51.4 Å². The number of unbranched alkanes of at least 4 members (excludes halogenated alkanes) is 26. The predicted octanol–water partition coefficient (Wildman–Crippen LogP) is 15.5. The second-order valence-electron chi connectivity index (χ2n) is 19.1. The Hall–Kier alpha value is -2.71. The van der Waals surface area contributed by atoms with E-state index in [9.17, 15) is 19.5 Å². The van der Waals surface area contributed by atoms with Gasteiger partial charge < -0.3 is 23.8 Å². The van der Waals surface area contributed by atoms with E-state index in [0.717, 1.165) is 70.6 Å². The van der Waals surface area contributed by atoms with Crippen molar-refractivity contribution in [3.8, 4) is 0 Å². The van der Waals surface area contributed by atoms with Crippen molar-refractivity contribution < 1.29 is 38.2 Å². The number of aliphatic carboxylic acids is 1. The average Bonchev–Trinajstić information content (AvgIpc) is 3.26. The zero-order chi connectivity index (χ0) is 47.0. The third-order valence-electron chi connectivity index (χ3n) is 12.0. The zero-order valence-corrected chi connectivity index (χ0v) is 42.5. The zero-order valence-electron chi connectivity index (χ0n) is 42.5. The number of carbonyl (C=O) groups excluding carboxylic acids is 2. The Morgan fingerprint density at radius 2 is 0.875 bits per heavy atom. The molecule has 2 unspecified atom stereocenters. The molecule has 64 heavy (non-hydrogen) atoms. The van der Waals surface area contributed by atoms with E-state index >= 15 is 0 Å². The third-order valence-corrected chi connectivity index (χ3v) is 12.0. The molecule has 0 bridgehead atoms. The molecule has 0 aliphatic carbocycles. The lowest BCUT2D eigenvalue weighted by Crippen LogP contribution is -2.50. The van der Waals surface area contributed by atoms with Gasteiger partial charge in [-0.2, -0.15) is 0 Å². The van der Waals surface area contributed by atoms with Crippen LogP contribution >= 0.6 is 0 Å². The number of quaternary nitrogens is 1. The van der Waals surface area contributed by atoms with Gasteiger partial charge in [0, 0.05) is 19.3 Å². The summed E-state index contributed by atoms with van der Waals surface area (Å²) in [6, 6.07) is -0.617. The fourth-order valence-corrected chi connectivity index (χ4v) is 7.91. The molecular weight excluding hydrogens is 799 g/mol. The van der Waals surface area contributed by atoms with Crippen LogP contribution in [-0.4, -0.2) is 80.6 Å². The van der Waals surface area contributed by atoms with Gasteiger partial charge in [-0.25, -0.2) is 4.79 Å². The first-order valence-electron chi connectivity index (χ1n) is 26.7. The molecule has 0 fully saturated rings. The lowest BCUT2D eigenvalue weighted by atomic mass is 10.0. The number of carboxylic acid groups (broad SMARTS) is 1.